The van der Waals surface area contributed by atoms with Crippen LogP contribution in [0.1, 0.15) is 44.9 Å². The summed E-state index contributed by atoms with van der Waals surface area (Å²) >= 11 is 2.08. The summed E-state index contributed by atoms with van der Waals surface area (Å²) in [6.45, 7) is 0.921. The lowest BCUT2D eigenvalue weighted by Gasteiger charge is -2.46. The topological polar surface area (TPSA) is 44.5 Å². The molecule has 4 heterocycles. The third kappa shape index (κ3) is 2.43. The molecule has 4 saturated heterocycles. The van der Waals surface area contributed by atoms with Crippen molar-refractivity contribution in [3.8, 4) is 0 Å². The lowest BCUT2D eigenvalue weighted by Crippen LogP contribution is -2.50. The Hall–Kier alpha value is 0.230. The van der Waals surface area contributed by atoms with Crippen LogP contribution in [0.25, 0.3) is 0 Å². The number of nitrogens with two attached hydrogens (primary N) is 1. The van der Waals surface area contributed by atoms with E-state index in [-0.39, 0.29) is 5.60 Å². The van der Waals surface area contributed by atoms with E-state index in [1.54, 1.807) is 0 Å². The molecule has 0 radical (unpaired) electrons. The standard InChI is InChI=1S/C16H27NO2S/c17-15(13-9-12-1-2-14(13)19-12)11-3-6-18-16(10-11)4-7-20-8-5-16/h11-15H,1-10,17H2. The van der Waals surface area contributed by atoms with E-state index in [9.17, 15) is 0 Å². The first-order valence-electron chi connectivity index (χ1n) is 8.39. The van der Waals surface area contributed by atoms with Gasteiger partial charge in [-0.15, -0.1) is 0 Å². The Morgan fingerprint density at radius 2 is 2.00 bits per heavy atom. The van der Waals surface area contributed by atoms with E-state index in [2.05, 4.69) is 11.8 Å². The second-order valence-electron chi connectivity index (χ2n) is 7.25. The molecule has 2 bridgehead atoms. The normalized spacial score (nSPS) is 44.9. The highest BCUT2D eigenvalue weighted by molar-refractivity contribution is 7.99. The van der Waals surface area contributed by atoms with E-state index >= 15 is 0 Å². The van der Waals surface area contributed by atoms with Crippen LogP contribution in [0.3, 0.4) is 0 Å². The predicted molar refractivity (Wildman–Crippen MR) is 81.9 cm³/mol. The van der Waals surface area contributed by atoms with Crippen LogP contribution in [-0.2, 0) is 9.47 Å². The molecule has 114 valence electrons. The van der Waals surface area contributed by atoms with Crippen molar-refractivity contribution in [3.63, 3.8) is 0 Å². The van der Waals surface area contributed by atoms with Crippen molar-refractivity contribution in [2.24, 2.45) is 17.6 Å². The molecule has 1 spiro atoms. The van der Waals surface area contributed by atoms with Crippen molar-refractivity contribution >= 4 is 11.8 Å². The zero-order chi connectivity index (χ0) is 13.6. The zero-order valence-electron chi connectivity index (χ0n) is 12.3. The third-order valence-electron chi connectivity index (χ3n) is 6.13. The molecule has 0 saturated carbocycles. The molecule has 0 amide bonds. The lowest BCUT2D eigenvalue weighted by molar-refractivity contribution is -0.109. The molecule has 0 aromatic heterocycles. The average Bonchev–Trinajstić information content (AvgIpc) is 3.10. The maximum atomic E-state index is 6.69. The number of fused-ring (bicyclic) bond motifs is 2. The van der Waals surface area contributed by atoms with Crippen molar-refractivity contribution < 1.29 is 9.47 Å². The van der Waals surface area contributed by atoms with Crippen molar-refractivity contribution in [1.82, 2.24) is 0 Å². The van der Waals surface area contributed by atoms with E-state index in [4.69, 9.17) is 15.2 Å². The van der Waals surface area contributed by atoms with Gasteiger partial charge in [0.2, 0.25) is 0 Å². The Labute approximate surface area is 126 Å². The number of ether oxygens (including phenoxy) is 2. The third-order valence-corrected chi connectivity index (χ3v) is 7.11. The van der Waals surface area contributed by atoms with Gasteiger partial charge >= 0.3 is 0 Å². The lowest BCUT2D eigenvalue weighted by atomic mass is 9.72. The first-order valence-corrected chi connectivity index (χ1v) is 9.54. The van der Waals surface area contributed by atoms with Crippen LogP contribution < -0.4 is 5.73 Å². The summed E-state index contributed by atoms with van der Waals surface area (Å²) < 4.78 is 12.2. The molecule has 4 heteroatoms. The Morgan fingerprint density at radius 1 is 1.15 bits per heavy atom. The van der Waals surface area contributed by atoms with Gasteiger partial charge in [-0.1, -0.05) is 0 Å². The van der Waals surface area contributed by atoms with Gasteiger partial charge in [-0.25, -0.2) is 0 Å². The van der Waals surface area contributed by atoms with Crippen LogP contribution in [-0.4, -0.2) is 42.0 Å². The van der Waals surface area contributed by atoms with E-state index < -0.39 is 0 Å². The van der Waals surface area contributed by atoms with Gasteiger partial charge in [0.1, 0.15) is 0 Å². The summed E-state index contributed by atoms with van der Waals surface area (Å²) in [5.74, 6) is 3.80. The molecule has 20 heavy (non-hydrogen) atoms. The summed E-state index contributed by atoms with van der Waals surface area (Å²) in [6, 6.07) is 0.334. The number of hydrogen-bond donors (Lipinski definition) is 1. The largest absolute Gasteiger partial charge is 0.375 e. The van der Waals surface area contributed by atoms with E-state index in [0.717, 1.165) is 13.0 Å². The van der Waals surface area contributed by atoms with Crippen LogP contribution in [0, 0.1) is 11.8 Å². The minimum Gasteiger partial charge on any atom is -0.375 e. The van der Waals surface area contributed by atoms with Crippen LogP contribution in [0.15, 0.2) is 0 Å². The molecule has 5 unspecified atom stereocenters. The SMILES string of the molecule is NC(C1CCOC2(CCSCC2)C1)C1CC2CCC1O2. The van der Waals surface area contributed by atoms with Gasteiger partial charge in [0.25, 0.3) is 0 Å². The molecular weight excluding hydrogens is 270 g/mol. The smallest absolute Gasteiger partial charge is 0.0701 e. The second kappa shape index (κ2) is 5.45. The van der Waals surface area contributed by atoms with Crippen LogP contribution in [0.4, 0.5) is 0 Å². The number of thioether (sulfide) groups is 1. The van der Waals surface area contributed by atoms with Crippen molar-refractivity contribution in [2.45, 2.75) is 68.8 Å². The molecule has 0 aliphatic carbocycles. The highest BCUT2D eigenvalue weighted by atomic mass is 32.2. The quantitative estimate of drug-likeness (QED) is 0.851. The summed E-state index contributed by atoms with van der Waals surface area (Å²) in [7, 11) is 0. The maximum absolute atomic E-state index is 6.69. The summed E-state index contributed by atoms with van der Waals surface area (Å²) in [4.78, 5) is 0. The Balaban J connectivity index is 1.42. The van der Waals surface area contributed by atoms with Gasteiger partial charge in [-0.05, 0) is 62.4 Å². The van der Waals surface area contributed by atoms with Gasteiger partial charge in [0, 0.05) is 18.6 Å². The molecule has 4 aliphatic rings. The Kier molecular flexibility index (Phi) is 3.78. The summed E-state index contributed by atoms with van der Waals surface area (Å²) in [5.41, 5.74) is 6.86. The van der Waals surface area contributed by atoms with Gasteiger partial charge in [-0.2, -0.15) is 11.8 Å². The molecule has 4 aliphatic heterocycles. The van der Waals surface area contributed by atoms with Gasteiger partial charge < -0.3 is 15.2 Å². The molecular formula is C16H27NO2S. The molecule has 0 aromatic rings. The Morgan fingerprint density at radius 3 is 2.70 bits per heavy atom. The van der Waals surface area contributed by atoms with Crippen LogP contribution >= 0.6 is 11.8 Å². The van der Waals surface area contributed by atoms with Gasteiger partial charge in [-0.3, -0.25) is 0 Å². The maximum Gasteiger partial charge on any atom is 0.0701 e. The second-order valence-corrected chi connectivity index (χ2v) is 8.47. The van der Waals surface area contributed by atoms with Crippen molar-refractivity contribution in [3.05, 3.63) is 0 Å². The van der Waals surface area contributed by atoms with E-state index in [1.165, 1.54) is 50.0 Å². The molecule has 5 atom stereocenters. The molecule has 4 fully saturated rings. The minimum atomic E-state index is 0.171. The summed E-state index contributed by atoms with van der Waals surface area (Å²) in [5, 5.41) is 0. The minimum absolute atomic E-state index is 0.171. The van der Waals surface area contributed by atoms with E-state index in [0.29, 0.717) is 30.1 Å². The van der Waals surface area contributed by atoms with Gasteiger partial charge in [0.05, 0.1) is 17.8 Å². The number of rotatable bonds is 2. The fourth-order valence-electron chi connectivity index (χ4n) is 4.92. The molecule has 2 N–H and O–H groups in total. The first kappa shape index (κ1) is 13.9. The van der Waals surface area contributed by atoms with E-state index in [1.807, 2.05) is 0 Å². The fraction of sp³-hybridized carbons (Fsp3) is 1.00. The summed E-state index contributed by atoms with van der Waals surface area (Å²) in [6.07, 6.45) is 9.53. The molecule has 4 rings (SSSR count). The highest BCUT2D eigenvalue weighted by Gasteiger charge is 2.48. The van der Waals surface area contributed by atoms with Gasteiger partial charge in [0.15, 0.2) is 0 Å². The molecule has 0 aromatic carbocycles. The molecule has 3 nitrogen and oxygen atoms in total. The first-order chi connectivity index (χ1) is 9.76. The zero-order valence-corrected chi connectivity index (χ0v) is 13.1. The highest BCUT2D eigenvalue weighted by Crippen LogP contribution is 2.46. The fourth-order valence-corrected chi connectivity index (χ4v) is 6.15. The van der Waals surface area contributed by atoms with Crippen molar-refractivity contribution in [2.75, 3.05) is 18.1 Å². The monoisotopic (exact) mass is 297 g/mol. The van der Waals surface area contributed by atoms with Crippen molar-refractivity contribution in [1.29, 1.82) is 0 Å². The average molecular weight is 297 g/mol. The number of hydrogen-bond acceptors (Lipinski definition) is 4. The van der Waals surface area contributed by atoms with Crippen LogP contribution in [0.5, 0.6) is 0 Å². The Bertz CT molecular complexity index is 353. The predicted octanol–water partition coefficient (Wildman–Crippen LogP) is 2.57. The van der Waals surface area contributed by atoms with Crippen LogP contribution in [0.2, 0.25) is 0 Å².